The molecule has 0 aliphatic carbocycles. The predicted molar refractivity (Wildman–Crippen MR) is 82.4 cm³/mol. The quantitative estimate of drug-likeness (QED) is 0.445. The highest BCUT2D eigenvalue weighted by molar-refractivity contribution is 14.1. The van der Waals surface area contributed by atoms with Crippen molar-refractivity contribution in [1.29, 1.82) is 0 Å². The molecule has 0 spiro atoms. The standard InChI is InChI=1S/C13H7F2IN2O4/c14-7-2-4-10(18(21)22)11(13(19)20)12(7)17-9-3-1-6(16)5-8(9)15/h1-5,17H,(H,19,20). The van der Waals surface area contributed by atoms with Gasteiger partial charge in [0.1, 0.15) is 11.6 Å². The third kappa shape index (κ3) is 3.13. The molecule has 0 aliphatic heterocycles. The van der Waals surface area contributed by atoms with Gasteiger partial charge in [-0.2, -0.15) is 0 Å². The number of nitrogens with one attached hydrogen (secondary N) is 1. The van der Waals surface area contributed by atoms with E-state index in [0.29, 0.717) is 3.57 Å². The predicted octanol–water partition coefficient (Wildman–Crippen LogP) is 3.92. The van der Waals surface area contributed by atoms with Crippen molar-refractivity contribution in [1.82, 2.24) is 0 Å². The number of carboxylic acids is 1. The van der Waals surface area contributed by atoms with Gasteiger partial charge in [-0.15, -0.1) is 0 Å². The van der Waals surface area contributed by atoms with Crippen LogP contribution in [0.2, 0.25) is 0 Å². The second-order valence-electron chi connectivity index (χ2n) is 4.13. The van der Waals surface area contributed by atoms with E-state index in [2.05, 4.69) is 5.32 Å². The number of nitrogens with zero attached hydrogens (tertiary/aromatic N) is 1. The van der Waals surface area contributed by atoms with Crippen molar-refractivity contribution >= 4 is 45.6 Å². The summed E-state index contributed by atoms with van der Waals surface area (Å²) in [4.78, 5) is 21.1. The van der Waals surface area contributed by atoms with E-state index < -0.39 is 39.5 Å². The van der Waals surface area contributed by atoms with Crippen LogP contribution < -0.4 is 5.32 Å². The largest absolute Gasteiger partial charge is 0.477 e. The van der Waals surface area contributed by atoms with Crippen LogP contribution in [0.15, 0.2) is 30.3 Å². The van der Waals surface area contributed by atoms with Gasteiger partial charge in [-0.05, 0) is 46.9 Å². The van der Waals surface area contributed by atoms with E-state index in [1.807, 2.05) is 22.6 Å². The summed E-state index contributed by atoms with van der Waals surface area (Å²) in [6, 6.07) is 5.44. The number of anilines is 2. The van der Waals surface area contributed by atoms with E-state index in [9.17, 15) is 23.7 Å². The maximum Gasteiger partial charge on any atom is 0.345 e. The zero-order chi connectivity index (χ0) is 16.4. The van der Waals surface area contributed by atoms with Crippen LogP contribution in [0.1, 0.15) is 10.4 Å². The first kappa shape index (κ1) is 16.1. The zero-order valence-electron chi connectivity index (χ0n) is 10.6. The number of carboxylic acid groups (broad SMARTS) is 1. The van der Waals surface area contributed by atoms with Crippen molar-refractivity contribution in [3.63, 3.8) is 0 Å². The van der Waals surface area contributed by atoms with Gasteiger partial charge >= 0.3 is 5.97 Å². The molecule has 6 nitrogen and oxygen atoms in total. The molecule has 0 radical (unpaired) electrons. The Labute approximate surface area is 136 Å². The first-order valence-electron chi connectivity index (χ1n) is 5.73. The number of hydrogen-bond acceptors (Lipinski definition) is 4. The van der Waals surface area contributed by atoms with Crippen molar-refractivity contribution in [2.24, 2.45) is 0 Å². The molecule has 0 atom stereocenters. The molecule has 0 aliphatic rings. The van der Waals surface area contributed by atoms with Gasteiger partial charge in [0.25, 0.3) is 5.69 Å². The average molecular weight is 420 g/mol. The van der Waals surface area contributed by atoms with Crippen molar-refractivity contribution < 1.29 is 23.6 Å². The van der Waals surface area contributed by atoms with E-state index in [0.717, 1.165) is 18.2 Å². The highest BCUT2D eigenvalue weighted by Gasteiger charge is 2.27. The summed E-state index contributed by atoms with van der Waals surface area (Å²) >= 11 is 1.87. The van der Waals surface area contributed by atoms with Crippen LogP contribution >= 0.6 is 22.6 Å². The Kier molecular flexibility index (Phi) is 4.54. The Morgan fingerprint density at radius 2 is 1.91 bits per heavy atom. The fourth-order valence-electron chi connectivity index (χ4n) is 1.78. The van der Waals surface area contributed by atoms with Crippen molar-refractivity contribution in [2.45, 2.75) is 0 Å². The number of carbonyl (C=O) groups is 1. The average Bonchev–Trinajstić information content (AvgIpc) is 2.42. The third-order valence-corrected chi connectivity index (χ3v) is 3.40. The Bertz CT molecular complexity index is 783. The Morgan fingerprint density at radius 1 is 1.23 bits per heavy atom. The highest BCUT2D eigenvalue weighted by Crippen LogP contribution is 2.32. The second-order valence-corrected chi connectivity index (χ2v) is 5.37. The number of nitro benzene ring substituents is 1. The molecule has 0 saturated carbocycles. The van der Waals surface area contributed by atoms with Crippen molar-refractivity contribution in [2.75, 3.05) is 5.32 Å². The minimum Gasteiger partial charge on any atom is -0.477 e. The number of aromatic carboxylic acids is 1. The van der Waals surface area contributed by atoms with E-state index in [4.69, 9.17) is 5.11 Å². The molecular formula is C13H7F2IN2O4. The minimum atomic E-state index is -1.69. The van der Waals surface area contributed by atoms with Gasteiger partial charge < -0.3 is 10.4 Å². The third-order valence-electron chi connectivity index (χ3n) is 2.73. The SMILES string of the molecule is O=C(O)c1c([N+](=O)[O-])ccc(F)c1Nc1ccc(I)cc1F. The van der Waals surface area contributed by atoms with Crippen LogP contribution in [0.4, 0.5) is 25.8 Å². The molecule has 2 aromatic rings. The molecule has 0 aromatic heterocycles. The lowest BCUT2D eigenvalue weighted by molar-refractivity contribution is -0.385. The Hall–Kier alpha value is -2.30. The Morgan fingerprint density at radius 3 is 2.45 bits per heavy atom. The molecule has 0 bridgehead atoms. The van der Waals surface area contributed by atoms with Crippen LogP contribution in [-0.2, 0) is 0 Å². The van der Waals surface area contributed by atoms with E-state index >= 15 is 0 Å². The fraction of sp³-hybridized carbons (Fsp3) is 0. The van der Waals surface area contributed by atoms with Gasteiger partial charge in [0.2, 0.25) is 0 Å². The van der Waals surface area contributed by atoms with Gasteiger partial charge in [0, 0.05) is 9.64 Å². The molecule has 0 saturated heterocycles. The summed E-state index contributed by atoms with van der Waals surface area (Å²) in [5, 5.41) is 22.3. The Balaban J connectivity index is 2.61. The maximum absolute atomic E-state index is 13.9. The first-order valence-corrected chi connectivity index (χ1v) is 6.81. The number of halogens is 3. The summed E-state index contributed by atoms with van der Waals surface area (Å²) in [5.41, 5.74) is -2.52. The fourth-order valence-corrected chi connectivity index (χ4v) is 2.24. The molecule has 2 rings (SSSR count). The van der Waals surface area contributed by atoms with Crippen LogP contribution in [0.3, 0.4) is 0 Å². The molecular weight excluding hydrogens is 413 g/mol. The molecule has 0 heterocycles. The summed E-state index contributed by atoms with van der Waals surface area (Å²) in [6.07, 6.45) is 0. The smallest absolute Gasteiger partial charge is 0.345 e. The molecule has 0 amide bonds. The minimum absolute atomic E-state index is 0.192. The van der Waals surface area contributed by atoms with Gasteiger partial charge in [0.15, 0.2) is 5.56 Å². The topological polar surface area (TPSA) is 92.5 Å². The van der Waals surface area contributed by atoms with Crippen LogP contribution in [0.25, 0.3) is 0 Å². The van der Waals surface area contributed by atoms with Crippen LogP contribution in [-0.4, -0.2) is 16.0 Å². The van der Waals surface area contributed by atoms with Crippen LogP contribution in [0, 0.1) is 25.3 Å². The maximum atomic E-state index is 13.9. The summed E-state index contributed by atoms with van der Waals surface area (Å²) in [6.45, 7) is 0. The molecule has 2 N–H and O–H groups in total. The lowest BCUT2D eigenvalue weighted by atomic mass is 10.1. The number of rotatable bonds is 4. The van der Waals surface area contributed by atoms with Crippen molar-refractivity contribution in [3.05, 3.63) is 61.2 Å². The van der Waals surface area contributed by atoms with Gasteiger partial charge in [-0.25, -0.2) is 13.6 Å². The lowest BCUT2D eigenvalue weighted by Gasteiger charge is -2.12. The molecule has 0 unspecified atom stereocenters. The molecule has 2 aromatic carbocycles. The number of hydrogen-bond donors (Lipinski definition) is 2. The summed E-state index contributed by atoms with van der Waals surface area (Å²) < 4.78 is 28.2. The van der Waals surface area contributed by atoms with E-state index in [-0.39, 0.29) is 5.69 Å². The normalized spacial score (nSPS) is 10.3. The zero-order valence-corrected chi connectivity index (χ0v) is 12.8. The highest BCUT2D eigenvalue weighted by atomic mass is 127. The monoisotopic (exact) mass is 420 g/mol. The molecule has 114 valence electrons. The summed E-state index contributed by atoms with van der Waals surface area (Å²) in [7, 11) is 0. The van der Waals surface area contributed by atoms with Gasteiger partial charge in [-0.3, -0.25) is 10.1 Å². The number of benzene rings is 2. The molecule has 0 fully saturated rings. The lowest BCUT2D eigenvalue weighted by Crippen LogP contribution is -2.09. The van der Waals surface area contributed by atoms with Crippen molar-refractivity contribution in [3.8, 4) is 0 Å². The summed E-state index contributed by atoms with van der Waals surface area (Å²) in [5.74, 6) is -3.48. The van der Waals surface area contributed by atoms with Gasteiger partial charge in [0.05, 0.1) is 16.3 Å². The number of nitro groups is 1. The van der Waals surface area contributed by atoms with Crippen LogP contribution in [0.5, 0.6) is 0 Å². The first-order chi connectivity index (χ1) is 10.3. The van der Waals surface area contributed by atoms with E-state index in [1.54, 1.807) is 0 Å². The molecule has 9 heteroatoms. The van der Waals surface area contributed by atoms with E-state index in [1.165, 1.54) is 12.1 Å². The molecule has 22 heavy (non-hydrogen) atoms. The van der Waals surface area contributed by atoms with Gasteiger partial charge in [-0.1, -0.05) is 0 Å². The second kappa shape index (κ2) is 6.22.